The van der Waals surface area contributed by atoms with E-state index in [2.05, 4.69) is 4.74 Å². The zero-order valence-corrected chi connectivity index (χ0v) is 14.0. The van der Waals surface area contributed by atoms with Gasteiger partial charge in [0.2, 0.25) is 12.2 Å². The number of rotatable bonds is 9. The van der Waals surface area contributed by atoms with Crippen molar-refractivity contribution in [2.24, 2.45) is 0 Å². The van der Waals surface area contributed by atoms with Gasteiger partial charge in [0.25, 0.3) is 5.91 Å². The Labute approximate surface area is 138 Å². The van der Waals surface area contributed by atoms with Gasteiger partial charge < -0.3 is 14.6 Å². The van der Waals surface area contributed by atoms with Crippen LogP contribution >= 0.6 is 11.6 Å². The number of amides is 1. The minimum absolute atomic E-state index is 0.00342. The standard InChI is InChI=1S/C13H20ClNO8/c1-7(2)23-15(6-5-14)12(18)10(21-8(3)16)11(13(19)20)22-9(4)17/h7,10-11H,5-6H2,1-4H3,(H,19,20)/t10-,11-/m1/s1. The molecule has 1 N–H and O–H groups in total. The van der Waals surface area contributed by atoms with Gasteiger partial charge >= 0.3 is 17.9 Å². The summed E-state index contributed by atoms with van der Waals surface area (Å²) in [6, 6.07) is 0. The third-order valence-corrected chi connectivity index (χ3v) is 2.39. The van der Waals surface area contributed by atoms with E-state index in [9.17, 15) is 19.2 Å². The number of ether oxygens (including phenoxy) is 2. The zero-order chi connectivity index (χ0) is 18.2. The number of carbonyl (C=O) groups is 4. The van der Waals surface area contributed by atoms with Crippen LogP contribution in [0.2, 0.25) is 0 Å². The van der Waals surface area contributed by atoms with Crippen molar-refractivity contribution in [1.29, 1.82) is 0 Å². The highest BCUT2D eigenvalue weighted by atomic mass is 35.5. The lowest BCUT2D eigenvalue weighted by molar-refractivity contribution is -0.217. The highest BCUT2D eigenvalue weighted by Gasteiger charge is 2.42. The summed E-state index contributed by atoms with van der Waals surface area (Å²) in [7, 11) is 0. The predicted molar refractivity (Wildman–Crippen MR) is 77.4 cm³/mol. The SMILES string of the molecule is CC(=O)O[C@@H](C(=O)O)[C@@H](OC(C)=O)C(=O)N(CCCl)OC(C)C. The molecule has 0 bridgehead atoms. The third-order valence-electron chi connectivity index (χ3n) is 2.22. The molecule has 1 amide bonds. The van der Waals surface area contributed by atoms with E-state index in [0.717, 1.165) is 18.9 Å². The Bertz CT molecular complexity index is 453. The van der Waals surface area contributed by atoms with Crippen molar-refractivity contribution in [3.8, 4) is 0 Å². The normalized spacial score (nSPS) is 13.1. The maximum absolute atomic E-state index is 12.4. The van der Waals surface area contributed by atoms with Crippen LogP contribution < -0.4 is 0 Å². The number of esters is 2. The Morgan fingerprint density at radius 1 is 1.04 bits per heavy atom. The molecule has 9 nitrogen and oxygen atoms in total. The minimum atomic E-state index is -2.00. The van der Waals surface area contributed by atoms with E-state index in [4.69, 9.17) is 26.3 Å². The molecule has 10 heteroatoms. The summed E-state index contributed by atoms with van der Waals surface area (Å²) in [5, 5.41) is 9.92. The molecule has 0 radical (unpaired) electrons. The topological polar surface area (TPSA) is 119 Å². The van der Waals surface area contributed by atoms with E-state index in [1.54, 1.807) is 13.8 Å². The summed E-state index contributed by atoms with van der Waals surface area (Å²) in [6.07, 6.45) is -4.31. The Morgan fingerprint density at radius 3 is 1.87 bits per heavy atom. The summed E-state index contributed by atoms with van der Waals surface area (Å²) in [4.78, 5) is 51.1. The van der Waals surface area contributed by atoms with E-state index in [0.29, 0.717) is 0 Å². The molecule has 0 aromatic heterocycles. The van der Waals surface area contributed by atoms with Crippen molar-refractivity contribution >= 4 is 35.4 Å². The van der Waals surface area contributed by atoms with Crippen molar-refractivity contribution in [2.45, 2.75) is 46.0 Å². The minimum Gasteiger partial charge on any atom is -0.478 e. The fourth-order valence-electron chi connectivity index (χ4n) is 1.53. The first-order chi connectivity index (χ1) is 10.6. The number of halogens is 1. The molecule has 23 heavy (non-hydrogen) atoms. The van der Waals surface area contributed by atoms with Gasteiger partial charge in [0, 0.05) is 19.7 Å². The van der Waals surface area contributed by atoms with E-state index in [1.165, 1.54) is 0 Å². The number of carboxylic acids is 1. The molecule has 0 saturated heterocycles. The summed E-state index contributed by atoms with van der Waals surface area (Å²) in [5.41, 5.74) is 0. The summed E-state index contributed by atoms with van der Waals surface area (Å²) >= 11 is 5.58. The van der Waals surface area contributed by atoms with Crippen LogP contribution in [0.15, 0.2) is 0 Å². The van der Waals surface area contributed by atoms with Crippen LogP contribution in [0, 0.1) is 0 Å². The maximum Gasteiger partial charge on any atom is 0.349 e. The average Bonchev–Trinajstić information content (AvgIpc) is 2.40. The molecule has 0 fully saturated rings. The maximum atomic E-state index is 12.4. The Morgan fingerprint density at radius 2 is 1.52 bits per heavy atom. The van der Waals surface area contributed by atoms with Gasteiger partial charge in [-0.05, 0) is 13.8 Å². The molecule has 0 rings (SSSR count). The van der Waals surface area contributed by atoms with Gasteiger partial charge in [-0.25, -0.2) is 9.86 Å². The lowest BCUT2D eigenvalue weighted by Crippen LogP contribution is -2.52. The second-order valence-electron chi connectivity index (χ2n) is 4.68. The molecule has 0 aromatic carbocycles. The molecule has 0 spiro atoms. The number of alkyl halides is 1. The number of hydroxylamine groups is 2. The van der Waals surface area contributed by atoms with Crippen molar-refractivity contribution in [3.05, 3.63) is 0 Å². The number of carbonyl (C=O) groups excluding carboxylic acids is 3. The van der Waals surface area contributed by atoms with Gasteiger partial charge in [-0.15, -0.1) is 11.6 Å². The van der Waals surface area contributed by atoms with Crippen molar-refractivity contribution in [3.63, 3.8) is 0 Å². The molecule has 132 valence electrons. The number of hydrogen-bond acceptors (Lipinski definition) is 7. The van der Waals surface area contributed by atoms with Crippen molar-refractivity contribution in [2.75, 3.05) is 12.4 Å². The molecule has 0 aliphatic heterocycles. The van der Waals surface area contributed by atoms with E-state index in [-0.39, 0.29) is 12.4 Å². The molecular formula is C13H20ClNO8. The quantitative estimate of drug-likeness (QED) is 0.358. The zero-order valence-electron chi connectivity index (χ0n) is 13.3. The molecule has 0 aliphatic rings. The number of nitrogens with zero attached hydrogens (tertiary/aromatic N) is 1. The van der Waals surface area contributed by atoms with Gasteiger partial charge in [0.05, 0.1) is 12.6 Å². The molecule has 0 heterocycles. The van der Waals surface area contributed by atoms with Crippen molar-refractivity contribution < 1.29 is 38.6 Å². The van der Waals surface area contributed by atoms with Gasteiger partial charge in [-0.3, -0.25) is 19.2 Å². The number of carboxylic acid groups (broad SMARTS) is 1. The second kappa shape index (κ2) is 10.0. The Kier molecular flexibility index (Phi) is 9.19. The lowest BCUT2D eigenvalue weighted by Gasteiger charge is -2.29. The average molecular weight is 354 g/mol. The van der Waals surface area contributed by atoms with Crippen LogP contribution in [0.1, 0.15) is 27.7 Å². The molecule has 0 saturated carbocycles. The number of hydrogen-bond donors (Lipinski definition) is 1. The third kappa shape index (κ3) is 7.80. The van der Waals surface area contributed by atoms with E-state index < -0.39 is 42.1 Å². The van der Waals surface area contributed by atoms with Gasteiger partial charge in [-0.2, -0.15) is 0 Å². The Hall–Kier alpha value is -1.87. The van der Waals surface area contributed by atoms with E-state index in [1.807, 2.05) is 0 Å². The van der Waals surface area contributed by atoms with Crippen molar-refractivity contribution in [1.82, 2.24) is 5.06 Å². The van der Waals surface area contributed by atoms with Crippen LogP contribution in [0.3, 0.4) is 0 Å². The second-order valence-corrected chi connectivity index (χ2v) is 5.06. The summed E-state index contributed by atoms with van der Waals surface area (Å²) in [6.45, 7) is 5.14. The smallest absolute Gasteiger partial charge is 0.349 e. The van der Waals surface area contributed by atoms with E-state index >= 15 is 0 Å². The molecular weight excluding hydrogens is 334 g/mol. The monoisotopic (exact) mass is 353 g/mol. The summed E-state index contributed by atoms with van der Waals surface area (Å²) in [5.74, 6) is -4.51. The fourth-order valence-corrected chi connectivity index (χ4v) is 1.68. The first-order valence-electron chi connectivity index (χ1n) is 6.71. The molecule has 0 unspecified atom stereocenters. The highest BCUT2D eigenvalue weighted by Crippen LogP contribution is 2.12. The molecule has 0 aromatic rings. The Balaban J connectivity index is 5.53. The van der Waals surface area contributed by atoms with Crippen LogP contribution in [-0.4, -0.2) is 64.7 Å². The highest BCUT2D eigenvalue weighted by molar-refractivity contribution is 6.18. The van der Waals surface area contributed by atoms with Crippen LogP contribution in [0.25, 0.3) is 0 Å². The van der Waals surface area contributed by atoms with Gasteiger partial charge in [0.15, 0.2) is 0 Å². The molecule has 2 atom stereocenters. The first-order valence-corrected chi connectivity index (χ1v) is 7.25. The first kappa shape index (κ1) is 21.1. The fraction of sp³-hybridized carbons (Fsp3) is 0.692. The number of aliphatic carboxylic acids is 1. The van der Waals surface area contributed by atoms with Gasteiger partial charge in [-0.1, -0.05) is 0 Å². The van der Waals surface area contributed by atoms with Crippen LogP contribution in [0.4, 0.5) is 0 Å². The summed E-state index contributed by atoms with van der Waals surface area (Å²) < 4.78 is 9.31. The van der Waals surface area contributed by atoms with Gasteiger partial charge in [0.1, 0.15) is 0 Å². The van der Waals surface area contributed by atoms with Crippen LogP contribution in [0.5, 0.6) is 0 Å². The predicted octanol–water partition coefficient (Wildman–Crippen LogP) is 0.342. The largest absolute Gasteiger partial charge is 0.478 e. The van der Waals surface area contributed by atoms with Crippen LogP contribution in [-0.2, 0) is 33.5 Å². The lowest BCUT2D eigenvalue weighted by atomic mass is 10.2. The molecule has 0 aliphatic carbocycles.